The third-order valence-electron chi connectivity index (χ3n) is 3.26. The average molecular weight is 313 g/mol. The van der Waals surface area contributed by atoms with Crippen LogP contribution in [-0.4, -0.2) is 33.6 Å². The zero-order valence-electron chi connectivity index (χ0n) is 12.2. The van der Waals surface area contributed by atoms with Crippen LogP contribution >= 0.6 is 11.8 Å². The Bertz CT molecular complexity index is 802. The van der Waals surface area contributed by atoms with E-state index in [1.165, 1.54) is 0 Å². The molecule has 0 aliphatic carbocycles. The SMILES string of the molecule is COc1ccc(-c2nnnn2-c2cccc(SC)c2)cc1N. The van der Waals surface area contributed by atoms with Gasteiger partial charge in [-0.1, -0.05) is 6.07 Å². The van der Waals surface area contributed by atoms with Crippen molar-refractivity contribution in [2.75, 3.05) is 19.1 Å². The van der Waals surface area contributed by atoms with Crippen molar-refractivity contribution in [1.82, 2.24) is 20.2 Å². The molecule has 0 fully saturated rings. The van der Waals surface area contributed by atoms with E-state index in [1.54, 1.807) is 29.6 Å². The standard InChI is InChI=1S/C15H15N5OS/c1-21-14-7-6-10(8-13(14)16)15-17-18-19-20(15)11-4-3-5-12(9-11)22-2/h3-9H,16H2,1-2H3. The number of thioether (sulfide) groups is 1. The number of hydrogen-bond donors (Lipinski definition) is 1. The summed E-state index contributed by atoms with van der Waals surface area (Å²) in [5.41, 5.74) is 8.25. The molecule has 0 radical (unpaired) electrons. The number of hydrogen-bond acceptors (Lipinski definition) is 6. The van der Waals surface area contributed by atoms with Crippen LogP contribution < -0.4 is 10.5 Å². The summed E-state index contributed by atoms with van der Waals surface area (Å²) in [6, 6.07) is 13.5. The number of aromatic nitrogens is 4. The van der Waals surface area contributed by atoms with Gasteiger partial charge in [-0.15, -0.1) is 16.9 Å². The molecule has 3 rings (SSSR count). The molecule has 0 atom stereocenters. The summed E-state index contributed by atoms with van der Waals surface area (Å²) in [7, 11) is 1.59. The van der Waals surface area contributed by atoms with Gasteiger partial charge >= 0.3 is 0 Å². The van der Waals surface area contributed by atoms with Gasteiger partial charge in [-0.25, -0.2) is 0 Å². The van der Waals surface area contributed by atoms with Gasteiger partial charge in [-0.2, -0.15) is 4.68 Å². The Morgan fingerprint density at radius 1 is 1.18 bits per heavy atom. The number of ether oxygens (including phenoxy) is 1. The van der Waals surface area contributed by atoms with Crippen molar-refractivity contribution in [3.8, 4) is 22.8 Å². The summed E-state index contributed by atoms with van der Waals surface area (Å²) in [5, 5.41) is 12.0. The lowest BCUT2D eigenvalue weighted by molar-refractivity contribution is 0.417. The van der Waals surface area contributed by atoms with Crippen molar-refractivity contribution in [3.63, 3.8) is 0 Å². The quantitative estimate of drug-likeness (QED) is 0.589. The maximum Gasteiger partial charge on any atom is 0.187 e. The molecule has 6 nitrogen and oxygen atoms in total. The van der Waals surface area contributed by atoms with Crippen LogP contribution in [0.2, 0.25) is 0 Å². The Labute approximate surface area is 132 Å². The highest BCUT2D eigenvalue weighted by Gasteiger charge is 2.12. The predicted octanol–water partition coefficient (Wildman–Crippen LogP) is 2.64. The third kappa shape index (κ3) is 2.62. The molecular weight excluding hydrogens is 298 g/mol. The molecule has 0 aliphatic heterocycles. The van der Waals surface area contributed by atoms with Crippen LogP contribution in [0.1, 0.15) is 0 Å². The van der Waals surface area contributed by atoms with E-state index >= 15 is 0 Å². The summed E-state index contributed by atoms with van der Waals surface area (Å²) in [6.07, 6.45) is 2.03. The molecule has 7 heteroatoms. The van der Waals surface area contributed by atoms with Crippen LogP contribution in [-0.2, 0) is 0 Å². The van der Waals surface area contributed by atoms with E-state index in [1.807, 2.05) is 42.7 Å². The molecule has 112 valence electrons. The topological polar surface area (TPSA) is 78.9 Å². The van der Waals surface area contributed by atoms with E-state index in [-0.39, 0.29) is 0 Å². The van der Waals surface area contributed by atoms with Crippen molar-refractivity contribution in [1.29, 1.82) is 0 Å². The molecule has 0 amide bonds. The second-order valence-electron chi connectivity index (χ2n) is 4.57. The van der Waals surface area contributed by atoms with Gasteiger partial charge in [0.05, 0.1) is 18.5 Å². The lowest BCUT2D eigenvalue weighted by Crippen LogP contribution is -2.01. The summed E-state index contributed by atoms with van der Waals surface area (Å²) in [5.74, 6) is 1.26. The van der Waals surface area contributed by atoms with E-state index in [0.29, 0.717) is 17.3 Å². The van der Waals surface area contributed by atoms with Gasteiger partial charge in [0.15, 0.2) is 5.82 Å². The third-order valence-corrected chi connectivity index (χ3v) is 3.98. The van der Waals surface area contributed by atoms with E-state index in [4.69, 9.17) is 10.5 Å². The molecular formula is C15H15N5OS. The molecule has 2 aromatic carbocycles. The molecule has 22 heavy (non-hydrogen) atoms. The first-order valence-corrected chi connectivity index (χ1v) is 7.82. The zero-order valence-corrected chi connectivity index (χ0v) is 13.0. The molecule has 0 saturated carbocycles. The molecule has 2 N–H and O–H groups in total. The van der Waals surface area contributed by atoms with E-state index in [0.717, 1.165) is 16.1 Å². The monoisotopic (exact) mass is 313 g/mol. The smallest absolute Gasteiger partial charge is 0.187 e. The van der Waals surface area contributed by atoms with Crippen LogP contribution in [0.25, 0.3) is 17.1 Å². The Balaban J connectivity index is 2.07. The number of nitrogen functional groups attached to an aromatic ring is 1. The highest BCUT2D eigenvalue weighted by atomic mass is 32.2. The van der Waals surface area contributed by atoms with Crippen molar-refractivity contribution in [2.45, 2.75) is 4.90 Å². The van der Waals surface area contributed by atoms with Gasteiger partial charge < -0.3 is 10.5 Å². The fraction of sp³-hybridized carbons (Fsp3) is 0.133. The van der Waals surface area contributed by atoms with Crippen LogP contribution in [0.3, 0.4) is 0 Å². The summed E-state index contributed by atoms with van der Waals surface area (Å²) < 4.78 is 6.87. The summed E-state index contributed by atoms with van der Waals surface area (Å²) >= 11 is 1.67. The van der Waals surface area contributed by atoms with Crippen molar-refractivity contribution >= 4 is 17.4 Å². The molecule has 1 heterocycles. The lowest BCUT2D eigenvalue weighted by Gasteiger charge is -2.08. The second-order valence-corrected chi connectivity index (χ2v) is 5.45. The van der Waals surface area contributed by atoms with Gasteiger partial charge in [0, 0.05) is 10.5 Å². The summed E-state index contributed by atoms with van der Waals surface area (Å²) in [4.78, 5) is 1.15. The fourth-order valence-electron chi connectivity index (χ4n) is 2.16. The molecule has 0 unspecified atom stereocenters. The average Bonchev–Trinajstić information content (AvgIpc) is 3.04. The number of tetrazole rings is 1. The van der Waals surface area contributed by atoms with Crippen molar-refractivity contribution in [2.24, 2.45) is 0 Å². The van der Waals surface area contributed by atoms with Crippen LogP contribution in [0.4, 0.5) is 5.69 Å². The molecule has 1 aromatic heterocycles. The zero-order chi connectivity index (χ0) is 15.5. The van der Waals surface area contributed by atoms with Crippen LogP contribution in [0.15, 0.2) is 47.4 Å². The predicted molar refractivity (Wildman–Crippen MR) is 87.3 cm³/mol. The largest absolute Gasteiger partial charge is 0.495 e. The van der Waals surface area contributed by atoms with E-state index in [9.17, 15) is 0 Å². The number of anilines is 1. The Morgan fingerprint density at radius 2 is 2.05 bits per heavy atom. The number of nitrogens with zero attached hydrogens (tertiary/aromatic N) is 4. The first-order chi connectivity index (χ1) is 10.7. The van der Waals surface area contributed by atoms with Crippen LogP contribution in [0, 0.1) is 0 Å². The number of rotatable bonds is 4. The first-order valence-electron chi connectivity index (χ1n) is 6.59. The second kappa shape index (κ2) is 6.07. The molecule has 0 spiro atoms. The van der Waals surface area contributed by atoms with Crippen molar-refractivity contribution in [3.05, 3.63) is 42.5 Å². The fourth-order valence-corrected chi connectivity index (χ4v) is 2.61. The molecule has 0 aliphatic rings. The minimum absolute atomic E-state index is 0.549. The van der Waals surface area contributed by atoms with E-state index < -0.39 is 0 Å². The maximum absolute atomic E-state index is 5.97. The first kappa shape index (κ1) is 14.4. The van der Waals surface area contributed by atoms with Gasteiger partial charge in [-0.3, -0.25) is 0 Å². The molecule has 0 saturated heterocycles. The summed E-state index contributed by atoms with van der Waals surface area (Å²) in [6.45, 7) is 0. The van der Waals surface area contributed by atoms with Gasteiger partial charge in [0.25, 0.3) is 0 Å². The Morgan fingerprint density at radius 3 is 2.77 bits per heavy atom. The number of methoxy groups -OCH3 is 1. The van der Waals surface area contributed by atoms with E-state index in [2.05, 4.69) is 15.5 Å². The number of benzene rings is 2. The van der Waals surface area contributed by atoms with Crippen molar-refractivity contribution < 1.29 is 4.74 Å². The van der Waals surface area contributed by atoms with Gasteiger partial charge in [0.1, 0.15) is 5.75 Å². The normalized spacial score (nSPS) is 10.6. The number of nitrogens with two attached hydrogens (primary N) is 1. The highest BCUT2D eigenvalue weighted by Crippen LogP contribution is 2.28. The highest BCUT2D eigenvalue weighted by molar-refractivity contribution is 7.98. The molecule has 3 aromatic rings. The Hall–Kier alpha value is -2.54. The lowest BCUT2D eigenvalue weighted by atomic mass is 10.1. The van der Waals surface area contributed by atoms with Gasteiger partial charge in [0.2, 0.25) is 0 Å². The minimum atomic E-state index is 0.549. The Kier molecular flexibility index (Phi) is 3.97. The maximum atomic E-state index is 5.97. The van der Waals surface area contributed by atoms with Gasteiger partial charge in [-0.05, 0) is 53.1 Å². The minimum Gasteiger partial charge on any atom is -0.495 e. The van der Waals surface area contributed by atoms with Crippen LogP contribution in [0.5, 0.6) is 5.75 Å². The molecule has 0 bridgehead atoms.